The first-order valence-electron chi connectivity index (χ1n) is 9.87. The standard InChI is InChI=1S/C20H22FN5O3S2/c1-13(30)23-9-15-11-26(20(27)29-15)14-2-3-17(16(21)8-14)24-4-6-25(7-5-24)19(31)18-10-22-12-28-18/h2-3,8,10,12,15H,4-7,9,11H2,1H3,(H,23,30). The van der Waals surface area contributed by atoms with Gasteiger partial charge in [0.25, 0.3) is 0 Å². The lowest BCUT2D eigenvalue weighted by molar-refractivity contribution is 0.143. The lowest BCUT2D eigenvalue weighted by Gasteiger charge is -2.37. The van der Waals surface area contributed by atoms with Crippen LogP contribution >= 0.6 is 24.4 Å². The van der Waals surface area contributed by atoms with Crippen molar-refractivity contribution in [3.63, 3.8) is 0 Å². The van der Waals surface area contributed by atoms with E-state index in [9.17, 15) is 9.18 Å². The van der Waals surface area contributed by atoms with Gasteiger partial charge in [-0.15, -0.1) is 0 Å². The van der Waals surface area contributed by atoms with Crippen molar-refractivity contribution in [3.8, 4) is 0 Å². The Labute approximate surface area is 189 Å². The van der Waals surface area contributed by atoms with E-state index in [1.54, 1.807) is 25.3 Å². The van der Waals surface area contributed by atoms with E-state index in [0.717, 1.165) is 0 Å². The van der Waals surface area contributed by atoms with Gasteiger partial charge in [0.05, 0.1) is 35.6 Å². The topological polar surface area (TPSA) is 74.1 Å². The number of oxazole rings is 1. The van der Waals surface area contributed by atoms with Gasteiger partial charge in [-0.1, -0.05) is 24.4 Å². The van der Waals surface area contributed by atoms with Gasteiger partial charge in [0.15, 0.2) is 12.2 Å². The van der Waals surface area contributed by atoms with E-state index in [1.807, 2.05) is 9.80 Å². The molecule has 1 unspecified atom stereocenters. The van der Waals surface area contributed by atoms with Gasteiger partial charge in [-0.25, -0.2) is 14.2 Å². The second-order valence-corrected chi connectivity index (χ2v) is 8.33. The highest BCUT2D eigenvalue weighted by Gasteiger charge is 2.33. The van der Waals surface area contributed by atoms with E-state index >= 15 is 0 Å². The lowest BCUT2D eigenvalue weighted by Crippen LogP contribution is -2.48. The maximum atomic E-state index is 14.9. The number of thiocarbonyl (C=S) groups is 2. The summed E-state index contributed by atoms with van der Waals surface area (Å²) in [6, 6.07) is 4.82. The van der Waals surface area contributed by atoms with Crippen LogP contribution in [0.1, 0.15) is 12.7 Å². The van der Waals surface area contributed by atoms with Gasteiger partial charge in [-0.3, -0.25) is 4.90 Å². The van der Waals surface area contributed by atoms with Gasteiger partial charge < -0.3 is 24.3 Å². The zero-order valence-corrected chi connectivity index (χ0v) is 18.5. The molecule has 2 aliphatic rings. The molecule has 0 bridgehead atoms. The van der Waals surface area contributed by atoms with Crippen LogP contribution in [0.4, 0.5) is 20.6 Å². The SMILES string of the molecule is CC(=S)NCC1CN(c2ccc(N3CCN(C(=S)c4cnco4)CC3)c(F)c2)C(=O)O1. The maximum absolute atomic E-state index is 14.9. The molecule has 31 heavy (non-hydrogen) atoms. The minimum atomic E-state index is -0.490. The third-order valence-electron chi connectivity index (χ3n) is 5.25. The number of rotatable bonds is 5. The number of anilines is 2. The molecule has 11 heteroatoms. The number of amides is 1. The number of carbonyl (C=O) groups is 1. The molecule has 1 aromatic carbocycles. The summed E-state index contributed by atoms with van der Waals surface area (Å²) in [6.45, 7) is 5.05. The molecule has 164 valence electrons. The Kier molecular flexibility index (Phi) is 6.33. The average Bonchev–Trinajstić information content (AvgIpc) is 3.42. The van der Waals surface area contributed by atoms with Crippen LogP contribution in [-0.2, 0) is 4.74 Å². The number of benzene rings is 1. The smallest absolute Gasteiger partial charge is 0.414 e. The molecule has 2 aliphatic heterocycles. The number of hydrogen-bond donors (Lipinski definition) is 1. The predicted molar refractivity (Wildman–Crippen MR) is 122 cm³/mol. The molecule has 0 aliphatic carbocycles. The van der Waals surface area contributed by atoms with Gasteiger partial charge in [0, 0.05) is 26.2 Å². The quantitative estimate of drug-likeness (QED) is 0.674. The summed E-state index contributed by atoms with van der Waals surface area (Å²) in [5.74, 6) is 0.179. The first-order chi connectivity index (χ1) is 14.9. The Bertz CT molecular complexity index is 979. The molecule has 2 aromatic rings. The van der Waals surface area contributed by atoms with E-state index in [2.05, 4.69) is 10.3 Å². The van der Waals surface area contributed by atoms with Crippen LogP contribution in [0.15, 0.2) is 35.2 Å². The van der Waals surface area contributed by atoms with Gasteiger partial charge >= 0.3 is 6.09 Å². The van der Waals surface area contributed by atoms with E-state index in [0.29, 0.717) is 66.4 Å². The van der Waals surface area contributed by atoms with Crippen molar-refractivity contribution in [2.45, 2.75) is 13.0 Å². The van der Waals surface area contributed by atoms with Crippen LogP contribution < -0.4 is 15.1 Å². The summed E-state index contributed by atoms with van der Waals surface area (Å²) in [5, 5.41) is 2.99. The monoisotopic (exact) mass is 463 g/mol. The lowest BCUT2D eigenvalue weighted by atomic mass is 10.2. The van der Waals surface area contributed by atoms with Crippen LogP contribution in [0, 0.1) is 5.82 Å². The van der Waals surface area contributed by atoms with Crippen molar-refractivity contribution in [1.82, 2.24) is 15.2 Å². The molecule has 3 heterocycles. The largest absolute Gasteiger partial charge is 0.442 e. The fourth-order valence-electron chi connectivity index (χ4n) is 3.64. The van der Waals surface area contributed by atoms with Crippen LogP contribution in [0.3, 0.4) is 0 Å². The normalized spacial score (nSPS) is 18.8. The molecule has 2 fully saturated rings. The second-order valence-electron chi connectivity index (χ2n) is 7.33. The van der Waals surface area contributed by atoms with Crippen LogP contribution in [0.5, 0.6) is 0 Å². The van der Waals surface area contributed by atoms with Crippen molar-refractivity contribution in [2.75, 3.05) is 49.1 Å². The van der Waals surface area contributed by atoms with E-state index < -0.39 is 6.09 Å². The Hall–Kier alpha value is -2.79. The van der Waals surface area contributed by atoms with Crippen molar-refractivity contribution in [2.24, 2.45) is 0 Å². The minimum Gasteiger partial charge on any atom is -0.442 e. The van der Waals surface area contributed by atoms with E-state index in [1.165, 1.54) is 17.4 Å². The fourth-order valence-corrected chi connectivity index (χ4v) is 4.01. The average molecular weight is 464 g/mol. The summed E-state index contributed by atoms with van der Waals surface area (Å²) in [4.78, 5) is 22.8. The summed E-state index contributed by atoms with van der Waals surface area (Å²) < 4.78 is 25.5. The number of hydrogen-bond acceptors (Lipinski definition) is 7. The first-order valence-corrected chi connectivity index (χ1v) is 10.7. The highest BCUT2D eigenvalue weighted by atomic mass is 32.1. The molecule has 1 N–H and O–H groups in total. The fraction of sp³-hybridized carbons (Fsp3) is 0.400. The molecule has 8 nitrogen and oxygen atoms in total. The number of cyclic esters (lactones) is 1. The van der Waals surface area contributed by atoms with E-state index in [-0.39, 0.29) is 11.9 Å². The molecule has 1 atom stereocenters. The zero-order chi connectivity index (χ0) is 22.0. The van der Waals surface area contributed by atoms with E-state index in [4.69, 9.17) is 33.6 Å². The highest BCUT2D eigenvalue weighted by Crippen LogP contribution is 2.28. The molecule has 0 spiro atoms. The summed E-state index contributed by atoms with van der Waals surface area (Å²) in [7, 11) is 0. The summed E-state index contributed by atoms with van der Waals surface area (Å²) >= 11 is 10.4. The van der Waals surface area contributed by atoms with Crippen molar-refractivity contribution >= 4 is 51.9 Å². The highest BCUT2D eigenvalue weighted by molar-refractivity contribution is 7.80. The minimum absolute atomic E-state index is 0.338. The van der Waals surface area contributed by atoms with Crippen LogP contribution in [0.25, 0.3) is 0 Å². The number of carbonyl (C=O) groups excluding carboxylic acids is 1. The molecule has 0 radical (unpaired) electrons. The van der Waals surface area contributed by atoms with Crippen LogP contribution in [0.2, 0.25) is 0 Å². The molecular weight excluding hydrogens is 441 g/mol. The number of nitrogens with one attached hydrogen (secondary N) is 1. The zero-order valence-electron chi connectivity index (χ0n) is 16.9. The summed E-state index contributed by atoms with van der Waals surface area (Å²) in [5.41, 5.74) is 0.967. The molecule has 4 rings (SSSR count). The Morgan fingerprint density at radius 3 is 2.71 bits per heavy atom. The number of aromatic nitrogens is 1. The number of ether oxygens (including phenoxy) is 1. The third kappa shape index (κ3) is 4.77. The molecule has 1 aromatic heterocycles. The van der Waals surface area contributed by atoms with Gasteiger partial charge in [0.2, 0.25) is 0 Å². The molecule has 2 saturated heterocycles. The maximum Gasteiger partial charge on any atom is 0.414 e. The second kappa shape index (κ2) is 9.15. The number of piperazine rings is 1. The number of halogens is 1. The Morgan fingerprint density at radius 2 is 2.06 bits per heavy atom. The molecule has 0 saturated carbocycles. The molecular formula is C20H22FN5O3S2. The third-order valence-corrected chi connectivity index (χ3v) is 5.85. The van der Waals surface area contributed by atoms with Crippen molar-refractivity contribution in [1.29, 1.82) is 0 Å². The molecule has 1 amide bonds. The first kappa shape index (κ1) is 21.4. The Morgan fingerprint density at radius 1 is 1.29 bits per heavy atom. The van der Waals surface area contributed by atoms with Crippen molar-refractivity contribution in [3.05, 3.63) is 42.4 Å². The van der Waals surface area contributed by atoms with Crippen molar-refractivity contribution < 1.29 is 18.3 Å². The summed E-state index contributed by atoms with van der Waals surface area (Å²) in [6.07, 6.45) is 2.11. The number of nitrogens with zero attached hydrogens (tertiary/aromatic N) is 4. The van der Waals surface area contributed by atoms with Gasteiger partial charge in [-0.2, -0.15) is 0 Å². The predicted octanol–water partition coefficient (Wildman–Crippen LogP) is 2.57. The van der Waals surface area contributed by atoms with Crippen LogP contribution in [-0.4, -0.2) is 71.3 Å². The van der Waals surface area contributed by atoms with Gasteiger partial charge in [-0.05, 0) is 25.1 Å². The van der Waals surface area contributed by atoms with Gasteiger partial charge in [0.1, 0.15) is 16.9 Å². The Balaban J connectivity index is 1.38.